The van der Waals surface area contributed by atoms with Gasteiger partial charge in [-0.3, -0.25) is 4.90 Å². The summed E-state index contributed by atoms with van der Waals surface area (Å²) in [5, 5.41) is 20.9. The highest BCUT2D eigenvalue weighted by molar-refractivity contribution is 5.99. The number of fused-ring (bicyclic) bond motifs is 1. The minimum Gasteiger partial charge on any atom is -0.476 e. The Labute approximate surface area is 193 Å². The Morgan fingerprint density at radius 1 is 1.09 bits per heavy atom. The summed E-state index contributed by atoms with van der Waals surface area (Å²) >= 11 is 0. The van der Waals surface area contributed by atoms with Crippen LogP contribution in [0.2, 0.25) is 0 Å². The quantitative estimate of drug-likeness (QED) is 0.619. The number of carbonyl (C=O) groups is 1. The van der Waals surface area contributed by atoms with Crippen molar-refractivity contribution in [3.63, 3.8) is 0 Å². The first-order valence-electron chi connectivity index (χ1n) is 11.4. The molecule has 3 heterocycles. The van der Waals surface area contributed by atoms with Crippen LogP contribution in [-0.2, 0) is 4.74 Å². The molecule has 33 heavy (non-hydrogen) atoms. The Morgan fingerprint density at radius 3 is 2.36 bits per heavy atom. The van der Waals surface area contributed by atoms with Crippen molar-refractivity contribution in [1.82, 2.24) is 9.88 Å². The number of nitrogens with zero attached hydrogens (tertiary/aromatic N) is 3. The molecular weight excluding hydrogens is 418 g/mol. The molecule has 1 atom stereocenters. The van der Waals surface area contributed by atoms with Gasteiger partial charge in [-0.05, 0) is 54.8 Å². The van der Waals surface area contributed by atoms with Crippen molar-refractivity contribution in [2.24, 2.45) is 0 Å². The maximum absolute atomic E-state index is 12.0. The molecule has 5 rings (SSSR count). The summed E-state index contributed by atoms with van der Waals surface area (Å²) in [6, 6.07) is 14.2. The minimum absolute atomic E-state index is 0.0220. The lowest BCUT2D eigenvalue weighted by atomic mass is 9.96. The molecule has 7 nitrogen and oxygen atoms in total. The number of aliphatic hydroxyl groups is 1. The molecule has 1 unspecified atom stereocenters. The molecule has 2 N–H and O–H groups in total. The maximum Gasteiger partial charge on any atom is 0.355 e. The van der Waals surface area contributed by atoms with Crippen molar-refractivity contribution < 1.29 is 19.7 Å². The monoisotopic (exact) mass is 447 g/mol. The lowest BCUT2D eigenvalue weighted by molar-refractivity contribution is -0.0660. The number of aliphatic hydroxyl groups excluding tert-OH is 1. The molecule has 172 valence electrons. The standard InChI is InChI=1S/C26H29N3O4/c1-16-11-21(17(2)30)23-13-22(25(26(31)32)27-24(23)12-16)18-3-5-19(6-4-18)28-7-9-29(10-8-28)20-14-33-15-20/h3-6,11-13,17,20,30H,7-10,14-15H2,1-2H3,(H,31,32). The fourth-order valence-corrected chi connectivity index (χ4v) is 4.81. The van der Waals surface area contributed by atoms with Crippen LogP contribution in [0.4, 0.5) is 5.69 Å². The Morgan fingerprint density at radius 2 is 1.79 bits per heavy atom. The van der Waals surface area contributed by atoms with Gasteiger partial charge in [0.1, 0.15) is 0 Å². The van der Waals surface area contributed by atoms with Crippen LogP contribution in [0.25, 0.3) is 22.0 Å². The van der Waals surface area contributed by atoms with Gasteiger partial charge in [0.2, 0.25) is 0 Å². The van der Waals surface area contributed by atoms with Gasteiger partial charge in [-0.2, -0.15) is 0 Å². The van der Waals surface area contributed by atoms with Crippen molar-refractivity contribution in [2.75, 3.05) is 44.3 Å². The molecule has 0 spiro atoms. The third-order valence-corrected chi connectivity index (χ3v) is 6.76. The molecular formula is C26H29N3O4. The van der Waals surface area contributed by atoms with Crippen molar-refractivity contribution >= 4 is 22.6 Å². The summed E-state index contributed by atoms with van der Waals surface area (Å²) in [4.78, 5) is 21.4. The van der Waals surface area contributed by atoms with Gasteiger partial charge in [0.25, 0.3) is 0 Å². The lowest BCUT2D eigenvalue weighted by Gasteiger charge is -2.43. The van der Waals surface area contributed by atoms with Gasteiger partial charge in [0.15, 0.2) is 5.69 Å². The third-order valence-electron chi connectivity index (χ3n) is 6.76. The molecule has 1 aromatic heterocycles. The van der Waals surface area contributed by atoms with E-state index in [4.69, 9.17) is 4.74 Å². The topological polar surface area (TPSA) is 86.1 Å². The Kier molecular flexibility index (Phi) is 5.78. The molecule has 0 bridgehead atoms. The van der Waals surface area contributed by atoms with Crippen molar-refractivity contribution in [3.8, 4) is 11.1 Å². The average molecular weight is 448 g/mol. The average Bonchev–Trinajstić information content (AvgIpc) is 2.77. The first kappa shape index (κ1) is 21.8. The summed E-state index contributed by atoms with van der Waals surface area (Å²) in [5.41, 5.74) is 4.78. The fraction of sp³-hybridized carbons (Fsp3) is 0.385. The van der Waals surface area contributed by atoms with Gasteiger partial charge in [0.05, 0.1) is 30.9 Å². The second kappa shape index (κ2) is 8.74. The summed E-state index contributed by atoms with van der Waals surface area (Å²) in [5.74, 6) is -1.06. The number of benzene rings is 2. The van der Waals surface area contributed by atoms with Gasteiger partial charge < -0.3 is 19.8 Å². The van der Waals surface area contributed by atoms with Crippen LogP contribution in [0.15, 0.2) is 42.5 Å². The van der Waals surface area contributed by atoms with Gasteiger partial charge in [-0.15, -0.1) is 0 Å². The van der Waals surface area contributed by atoms with E-state index in [1.165, 1.54) is 0 Å². The van der Waals surface area contributed by atoms with Gasteiger partial charge in [0, 0.05) is 42.8 Å². The van der Waals surface area contributed by atoms with Gasteiger partial charge in [-0.25, -0.2) is 9.78 Å². The fourth-order valence-electron chi connectivity index (χ4n) is 4.81. The highest BCUT2D eigenvalue weighted by atomic mass is 16.5. The summed E-state index contributed by atoms with van der Waals surface area (Å²) < 4.78 is 5.32. The molecule has 3 aromatic rings. The van der Waals surface area contributed by atoms with E-state index < -0.39 is 12.1 Å². The molecule has 2 aliphatic rings. The Balaban J connectivity index is 1.46. The molecule has 0 radical (unpaired) electrons. The lowest BCUT2D eigenvalue weighted by Crippen LogP contribution is -2.56. The van der Waals surface area contributed by atoms with E-state index in [0.717, 1.165) is 67.2 Å². The number of aromatic carboxylic acids is 1. The molecule has 0 amide bonds. The summed E-state index contributed by atoms with van der Waals surface area (Å²) in [7, 11) is 0. The molecule has 2 aromatic carbocycles. The predicted molar refractivity (Wildman–Crippen MR) is 128 cm³/mol. The largest absolute Gasteiger partial charge is 0.476 e. The number of piperazine rings is 1. The van der Waals surface area contributed by atoms with Crippen molar-refractivity contribution in [3.05, 3.63) is 59.3 Å². The highest BCUT2D eigenvalue weighted by Gasteiger charge is 2.29. The van der Waals surface area contributed by atoms with Crippen LogP contribution in [0.3, 0.4) is 0 Å². The number of aryl methyl sites for hydroxylation is 1. The molecule has 2 saturated heterocycles. The zero-order valence-corrected chi connectivity index (χ0v) is 19.0. The summed E-state index contributed by atoms with van der Waals surface area (Å²) in [6.07, 6.45) is -0.676. The van der Waals surface area contributed by atoms with E-state index in [1.54, 1.807) is 6.92 Å². The zero-order chi connectivity index (χ0) is 23.1. The summed E-state index contributed by atoms with van der Waals surface area (Å²) in [6.45, 7) is 9.29. The zero-order valence-electron chi connectivity index (χ0n) is 19.0. The SMILES string of the molecule is Cc1cc(C(C)O)c2cc(-c3ccc(N4CCN(C5COC5)CC4)cc3)c(C(=O)O)nc2c1. The normalized spacial score (nSPS) is 18.3. The number of hydrogen-bond donors (Lipinski definition) is 2. The third kappa shape index (κ3) is 4.19. The number of ether oxygens (including phenoxy) is 1. The van der Waals surface area contributed by atoms with E-state index in [0.29, 0.717) is 17.1 Å². The van der Waals surface area contributed by atoms with E-state index >= 15 is 0 Å². The van der Waals surface area contributed by atoms with Gasteiger partial charge in [-0.1, -0.05) is 18.2 Å². The van der Waals surface area contributed by atoms with Crippen LogP contribution in [0, 0.1) is 6.92 Å². The van der Waals surface area contributed by atoms with E-state index in [2.05, 4.69) is 26.9 Å². The van der Waals surface area contributed by atoms with Crippen LogP contribution >= 0.6 is 0 Å². The second-order valence-corrected chi connectivity index (χ2v) is 9.05. The number of carboxylic acids is 1. The van der Waals surface area contributed by atoms with E-state index in [-0.39, 0.29) is 5.69 Å². The van der Waals surface area contributed by atoms with Crippen molar-refractivity contribution in [1.29, 1.82) is 0 Å². The number of anilines is 1. The molecule has 7 heteroatoms. The first-order chi connectivity index (χ1) is 15.9. The maximum atomic E-state index is 12.0. The number of hydrogen-bond acceptors (Lipinski definition) is 6. The van der Waals surface area contributed by atoms with E-state index in [1.807, 2.05) is 37.3 Å². The van der Waals surface area contributed by atoms with Crippen LogP contribution < -0.4 is 4.90 Å². The molecule has 2 aliphatic heterocycles. The first-order valence-corrected chi connectivity index (χ1v) is 11.4. The minimum atomic E-state index is -1.06. The smallest absolute Gasteiger partial charge is 0.355 e. The number of rotatable bonds is 5. The molecule has 0 saturated carbocycles. The number of pyridine rings is 1. The Bertz CT molecular complexity index is 1180. The molecule has 2 fully saturated rings. The Hall–Kier alpha value is -3.00. The molecule has 0 aliphatic carbocycles. The van der Waals surface area contributed by atoms with Crippen molar-refractivity contribution in [2.45, 2.75) is 26.0 Å². The highest BCUT2D eigenvalue weighted by Crippen LogP contribution is 2.33. The van der Waals surface area contributed by atoms with Crippen LogP contribution in [0.1, 0.15) is 34.6 Å². The van der Waals surface area contributed by atoms with E-state index in [9.17, 15) is 15.0 Å². The predicted octanol–water partition coefficient (Wildman–Crippen LogP) is 3.48. The van der Waals surface area contributed by atoms with Crippen LogP contribution in [-0.4, -0.2) is 71.5 Å². The van der Waals surface area contributed by atoms with Crippen LogP contribution in [0.5, 0.6) is 0 Å². The second-order valence-electron chi connectivity index (χ2n) is 9.05. The van der Waals surface area contributed by atoms with Gasteiger partial charge >= 0.3 is 5.97 Å². The number of aromatic nitrogens is 1. The number of carboxylic acid groups (broad SMARTS) is 1.